The average Bonchev–Trinajstić information content (AvgIpc) is 2.54. The van der Waals surface area contributed by atoms with Crippen LogP contribution in [0.3, 0.4) is 0 Å². The summed E-state index contributed by atoms with van der Waals surface area (Å²) in [7, 11) is 0. The van der Waals surface area contributed by atoms with Gasteiger partial charge in [0.15, 0.2) is 6.10 Å². The second-order valence-electron chi connectivity index (χ2n) is 6.65. The minimum Gasteiger partial charge on any atom is -0.436 e. The smallest absolute Gasteiger partial charge is 0.436 e. The SMILES string of the molecule is CC(C)(C)N1C(=O)C(OC(N)=O)CCc2cc(OC(F)(F)F)ccc21. The molecule has 0 saturated heterocycles. The number of nitrogens with two attached hydrogens (primary N) is 1. The number of primary amides is 1. The van der Waals surface area contributed by atoms with E-state index in [2.05, 4.69) is 4.74 Å². The van der Waals surface area contributed by atoms with Gasteiger partial charge in [0.05, 0.1) is 0 Å². The van der Waals surface area contributed by atoms with Gasteiger partial charge in [-0.05, 0) is 57.4 Å². The van der Waals surface area contributed by atoms with Crippen LogP contribution in [0.15, 0.2) is 18.2 Å². The highest BCUT2D eigenvalue weighted by molar-refractivity contribution is 6.00. The minimum absolute atomic E-state index is 0.108. The Morgan fingerprint density at radius 3 is 2.44 bits per heavy atom. The maximum absolute atomic E-state index is 12.8. The van der Waals surface area contributed by atoms with Crippen LogP contribution < -0.4 is 15.4 Å². The first-order valence-corrected chi connectivity index (χ1v) is 7.57. The summed E-state index contributed by atoms with van der Waals surface area (Å²) in [6, 6.07) is 3.78. The standard InChI is InChI=1S/C16H19F3N2O4/c1-15(2,3)21-11-6-5-10(25-16(17,18)19)8-9(11)4-7-12(13(21)22)24-14(20)23/h5-6,8,12H,4,7H2,1-3H3,(H2,20,23). The molecule has 0 saturated carbocycles. The molecule has 0 aromatic heterocycles. The summed E-state index contributed by atoms with van der Waals surface area (Å²) in [5.74, 6) is -0.851. The number of amides is 2. The third-order valence-corrected chi connectivity index (χ3v) is 3.63. The van der Waals surface area contributed by atoms with Gasteiger partial charge in [0.2, 0.25) is 0 Å². The number of carbonyl (C=O) groups is 2. The third kappa shape index (κ3) is 4.55. The Morgan fingerprint density at radius 2 is 1.92 bits per heavy atom. The Morgan fingerprint density at radius 1 is 1.28 bits per heavy atom. The number of rotatable bonds is 2. The fourth-order valence-electron chi connectivity index (χ4n) is 2.79. The number of alkyl halides is 3. The molecule has 1 heterocycles. The zero-order valence-corrected chi connectivity index (χ0v) is 14.0. The largest absolute Gasteiger partial charge is 0.573 e. The summed E-state index contributed by atoms with van der Waals surface area (Å²) >= 11 is 0. The van der Waals surface area contributed by atoms with Gasteiger partial charge in [-0.2, -0.15) is 0 Å². The number of aryl methyl sites for hydroxylation is 1. The van der Waals surface area contributed by atoms with Crippen LogP contribution in [0.4, 0.5) is 23.7 Å². The van der Waals surface area contributed by atoms with Gasteiger partial charge in [0.25, 0.3) is 5.91 Å². The Hall–Kier alpha value is -2.45. The van der Waals surface area contributed by atoms with Crippen molar-refractivity contribution in [3.63, 3.8) is 0 Å². The maximum atomic E-state index is 12.8. The topological polar surface area (TPSA) is 81.9 Å². The molecule has 9 heteroatoms. The lowest BCUT2D eigenvalue weighted by Crippen LogP contribution is -2.51. The molecule has 0 spiro atoms. The van der Waals surface area contributed by atoms with Gasteiger partial charge in [-0.15, -0.1) is 13.2 Å². The summed E-state index contributed by atoms with van der Waals surface area (Å²) in [6.07, 6.45) is -6.66. The minimum atomic E-state index is -4.81. The summed E-state index contributed by atoms with van der Waals surface area (Å²) < 4.78 is 46.1. The van der Waals surface area contributed by atoms with E-state index in [0.717, 1.165) is 6.07 Å². The zero-order valence-electron chi connectivity index (χ0n) is 14.0. The highest BCUT2D eigenvalue weighted by Crippen LogP contribution is 2.36. The summed E-state index contributed by atoms with van der Waals surface area (Å²) in [4.78, 5) is 25.2. The first-order valence-electron chi connectivity index (χ1n) is 7.57. The quantitative estimate of drug-likeness (QED) is 0.878. The van der Waals surface area contributed by atoms with Crippen molar-refractivity contribution in [3.8, 4) is 5.75 Å². The van der Waals surface area contributed by atoms with Gasteiger partial charge in [-0.25, -0.2) is 4.79 Å². The van der Waals surface area contributed by atoms with E-state index in [0.29, 0.717) is 11.3 Å². The van der Waals surface area contributed by atoms with Crippen molar-refractivity contribution in [2.24, 2.45) is 5.73 Å². The fourth-order valence-corrected chi connectivity index (χ4v) is 2.79. The average molecular weight is 360 g/mol. The van der Waals surface area contributed by atoms with E-state index in [1.807, 2.05) is 0 Å². The van der Waals surface area contributed by atoms with Crippen molar-refractivity contribution in [2.45, 2.75) is 51.6 Å². The van der Waals surface area contributed by atoms with Crippen molar-refractivity contribution in [1.29, 1.82) is 0 Å². The van der Waals surface area contributed by atoms with Gasteiger partial charge in [0, 0.05) is 11.2 Å². The van der Waals surface area contributed by atoms with Crippen LogP contribution in [-0.2, 0) is 16.0 Å². The molecule has 138 valence electrons. The number of anilines is 1. The number of hydrogen-bond acceptors (Lipinski definition) is 4. The summed E-state index contributed by atoms with van der Waals surface area (Å²) in [6.45, 7) is 5.30. The molecule has 1 aromatic carbocycles. The number of nitrogens with zero attached hydrogens (tertiary/aromatic N) is 1. The van der Waals surface area contributed by atoms with E-state index in [-0.39, 0.29) is 18.6 Å². The molecule has 1 unspecified atom stereocenters. The van der Waals surface area contributed by atoms with Gasteiger partial charge in [-0.1, -0.05) is 0 Å². The van der Waals surface area contributed by atoms with Crippen molar-refractivity contribution in [3.05, 3.63) is 23.8 Å². The molecule has 0 bridgehead atoms. The van der Waals surface area contributed by atoms with Crippen LogP contribution in [0.5, 0.6) is 5.75 Å². The normalized spacial score (nSPS) is 18.4. The van der Waals surface area contributed by atoms with Crippen molar-refractivity contribution in [2.75, 3.05) is 4.90 Å². The lowest BCUT2D eigenvalue weighted by molar-refractivity contribution is -0.274. The van der Waals surface area contributed by atoms with E-state index >= 15 is 0 Å². The lowest BCUT2D eigenvalue weighted by Gasteiger charge is -2.37. The van der Waals surface area contributed by atoms with Crippen molar-refractivity contribution >= 4 is 17.7 Å². The molecule has 0 aliphatic carbocycles. The second-order valence-corrected chi connectivity index (χ2v) is 6.65. The Kier molecular flexibility index (Phi) is 4.87. The monoisotopic (exact) mass is 360 g/mol. The zero-order chi connectivity index (χ0) is 19.0. The van der Waals surface area contributed by atoms with E-state index < -0.39 is 30.0 Å². The Labute approximate surface area is 142 Å². The first-order chi connectivity index (χ1) is 11.4. The molecular weight excluding hydrogens is 341 g/mol. The van der Waals surface area contributed by atoms with Crippen LogP contribution in [0.2, 0.25) is 0 Å². The highest BCUT2D eigenvalue weighted by atomic mass is 19.4. The lowest BCUT2D eigenvalue weighted by atomic mass is 10.0. The predicted octanol–water partition coefficient (Wildman–Crippen LogP) is 3.13. The number of benzene rings is 1. The van der Waals surface area contributed by atoms with E-state index in [1.165, 1.54) is 17.0 Å². The summed E-state index contributed by atoms with van der Waals surface area (Å²) in [5, 5.41) is 0. The first kappa shape index (κ1) is 18.9. The Balaban J connectivity index is 2.46. The van der Waals surface area contributed by atoms with Crippen LogP contribution in [0.1, 0.15) is 32.8 Å². The van der Waals surface area contributed by atoms with Crippen LogP contribution in [0.25, 0.3) is 0 Å². The molecular formula is C16H19F3N2O4. The molecule has 1 aromatic rings. The number of hydrogen-bond donors (Lipinski definition) is 1. The fraction of sp³-hybridized carbons (Fsp3) is 0.500. The molecule has 1 aliphatic heterocycles. The molecule has 2 amide bonds. The number of halogens is 3. The molecule has 6 nitrogen and oxygen atoms in total. The second kappa shape index (κ2) is 6.45. The van der Waals surface area contributed by atoms with Gasteiger partial charge in [-0.3, -0.25) is 4.79 Å². The van der Waals surface area contributed by atoms with Crippen LogP contribution in [0, 0.1) is 0 Å². The van der Waals surface area contributed by atoms with Gasteiger partial charge < -0.3 is 20.1 Å². The van der Waals surface area contributed by atoms with Gasteiger partial charge >= 0.3 is 12.5 Å². The maximum Gasteiger partial charge on any atom is 0.573 e. The molecule has 25 heavy (non-hydrogen) atoms. The van der Waals surface area contributed by atoms with Crippen molar-refractivity contribution < 1.29 is 32.2 Å². The highest BCUT2D eigenvalue weighted by Gasteiger charge is 2.39. The number of ether oxygens (including phenoxy) is 2. The van der Waals surface area contributed by atoms with Crippen LogP contribution >= 0.6 is 0 Å². The number of fused-ring (bicyclic) bond motifs is 1. The van der Waals surface area contributed by atoms with Crippen molar-refractivity contribution in [1.82, 2.24) is 0 Å². The third-order valence-electron chi connectivity index (χ3n) is 3.63. The Bertz CT molecular complexity index is 683. The molecule has 0 fully saturated rings. The summed E-state index contributed by atoms with van der Waals surface area (Å²) in [5.41, 5.74) is 5.25. The molecule has 1 aliphatic rings. The molecule has 1 atom stereocenters. The molecule has 0 radical (unpaired) electrons. The molecule has 2 rings (SSSR count). The van der Waals surface area contributed by atoms with Gasteiger partial charge in [0.1, 0.15) is 5.75 Å². The van der Waals surface area contributed by atoms with E-state index in [1.54, 1.807) is 20.8 Å². The van der Waals surface area contributed by atoms with E-state index in [4.69, 9.17) is 10.5 Å². The van der Waals surface area contributed by atoms with Crippen LogP contribution in [-0.4, -0.2) is 30.0 Å². The number of carbonyl (C=O) groups excluding carboxylic acids is 2. The van der Waals surface area contributed by atoms with E-state index in [9.17, 15) is 22.8 Å². The predicted molar refractivity (Wildman–Crippen MR) is 83.1 cm³/mol. The molecule has 2 N–H and O–H groups in total.